The molecule has 0 heterocycles. The number of rotatable bonds is 5. The summed E-state index contributed by atoms with van der Waals surface area (Å²) in [4.78, 5) is 0. The maximum absolute atomic E-state index is 13.6. The summed E-state index contributed by atoms with van der Waals surface area (Å²) in [6.07, 6.45) is 1.18. The van der Waals surface area contributed by atoms with Crippen LogP contribution in [0.25, 0.3) is 0 Å². The summed E-state index contributed by atoms with van der Waals surface area (Å²) in [7, 11) is 0. The molecule has 1 unspecified atom stereocenters. The molecule has 106 valence electrons. The molecule has 0 fully saturated rings. The molecule has 0 N–H and O–H groups in total. The Bertz CT molecular complexity index is 569. The zero-order valence-electron chi connectivity index (χ0n) is 10.8. The van der Waals surface area contributed by atoms with Gasteiger partial charge in [-0.15, -0.1) is 11.6 Å². The summed E-state index contributed by atoms with van der Waals surface area (Å²) in [6, 6.07) is 11.5. The van der Waals surface area contributed by atoms with Crippen molar-refractivity contribution < 1.29 is 8.78 Å². The predicted octanol–water partition coefficient (Wildman–Crippen LogP) is 5.37. The number of halogens is 4. The van der Waals surface area contributed by atoms with Gasteiger partial charge in [-0.1, -0.05) is 28.1 Å². The molecule has 20 heavy (non-hydrogen) atoms. The van der Waals surface area contributed by atoms with Crippen molar-refractivity contribution >= 4 is 27.5 Å². The fourth-order valence-corrected chi connectivity index (χ4v) is 2.63. The van der Waals surface area contributed by atoms with E-state index in [-0.39, 0.29) is 11.7 Å². The molecule has 0 spiro atoms. The lowest BCUT2D eigenvalue weighted by molar-refractivity contribution is 0.536. The van der Waals surface area contributed by atoms with E-state index in [1.165, 1.54) is 6.07 Å². The summed E-state index contributed by atoms with van der Waals surface area (Å²) in [5.41, 5.74) is 1.52. The first-order valence-electron chi connectivity index (χ1n) is 6.33. The van der Waals surface area contributed by atoms with Gasteiger partial charge in [-0.05, 0) is 60.2 Å². The molecule has 2 aromatic carbocycles. The Balaban J connectivity index is 2.08. The van der Waals surface area contributed by atoms with Crippen molar-refractivity contribution in [1.82, 2.24) is 0 Å². The number of hydrogen-bond donors (Lipinski definition) is 0. The van der Waals surface area contributed by atoms with Crippen molar-refractivity contribution in [2.24, 2.45) is 5.92 Å². The third-order valence-corrected chi connectivity index (χ3v) is 4.14. The van der Waals surface area contributed by atoms with Crippen molar-refractivity contribution in [2.45, 2.75) is 12.8 Å². The quantitative estimate of drug-likeness (QED) is 0.630. The topological polar surface area (TPSA) is 0 Å². The highest BCUT2D eigenvalue weighted by atomic mass is 79.9. The molecule has 0 bridgehead atoms. The van der Waals surface area contributed by atoms with Gasteiger partial charge in [0.15, 0.2) is 0 Å². The normalized spacial score (nSPS) is 12.4. The van der Waals surface area contributed by atoms with Gasteiger partial charge in [0, 0.05) is 10.4 Å². The Kier molecular flexibility index (Phi) is 5.55. The predicted molar refractivity (Wildman–Crippen MR) is 82.1 cm³/mol. The van der Waals surface area contributed by atoms with E-state index in [2.05, 4.69) is 15.9 Å². The second-order valence-electron chi connectivity index (χ2n) is 4.79. The molecule has 4 heteroatoms. The van der Waals surface area contributed by atoms with E-state index >= 15 is 0 Å². The van der Waals surface area contributed by atoms with Gasteiger partial charge in [0.05, 0.1) is 0 Å². The SMILES string of the molecule is Fc1ccc(F)c(CC(CCl)Cc2ccc(Br)cc2)c1. The highest BCUT2D eigenvalue weighted by Gasteiger charge is 2.13. The van der Waals surface area contributed by atoms with E-state index in [4.69, 9.17) is 11.6 Å². The van der Waals surface area contributed by atoms with E-state index in [0.717, 1.165) is 28.6 Å². The monoisotopic (exact) mass is 358 g/mol. The number of hydrogen-bond acceptors (Lipinski definition) is 0. The second kappa shape index (κ2) is 7.19. The Morgan fingerprint density at radius 1 is 1.00 bits per heavy atom. The lowest BCUT2D eigenvalue weighted by Gasteiger charge is -2.15. The first kappa shape index (κ1) is 15.5. The molecule has 0 aliphatic rings. The molecule has 2 rings (SSSR count). The van der Waals surface area contributed by atoms with Crippen molar-refractivity contribution in [3.63, 3.8) is 0 Å². The highest BCUT2D eigenvalue weighted by molar-refractivity contribution is 9.10. The first-order chi connectivity index (χ1) is 9.58. The maximum Gasteiger partial charge on any atom is 0.126 e. The van der Waals surface area contributed by atoms with Crippen LogP contribution in [-0.4, -0.2) is 5.88 Å². The van der Waals surface area contributed by atoms with E-state index in [9.17, 15) is 8.78 Å². The van der Waals surface area contributed by atoms with E-state index in [1.807, 2.05) is 24.3 Å². The van der Waals surface area contributed by atoms with Gasteiger partial charge in [0.25, 0.3) is 0 Å². The van der Waals surface area contributed by atoms with Crippen LogP contribution < -0.4 is 0 Å². The fourth-order valence-electron chi connectivity index (χ4n) is 2.15. The van der Waals surface area contributed by atoms with Crippen LogP contribution >= 0.6 is 27.5 Å². The molecular formula is C16H14BrClF2. The van der Waals surface area contributed by atoms with Crippen LogP contribution in [0.2, 0.25) is 0 Å². The third kappa shape index (κ3) is 4.29. The van der Waals surface area contributed by atoms with Gasteiger partial charge in [-0.25, -0.2) is 8.78 Å². The minimum atomic E-state index is -0.418. The molecule has 0 amide bonds. The highest BCUT2D eigenvalue weighted by Crippen LogP contribution is 2.20. The average molecular weight is 360 g/mol. The summed E-state index contributed by atoms with van der Waals surface area (Å²) in [6.45, 7) is 0. The van der Waals surface area contributed by atoms with Gasteiger partial charge < -0.3 is 0 Å². The van der Waals surface area contributed by atoms with Crippen LogP contribution in [0.5, 0.6) is 0 Å². The van der Waals surface area contributed by atoms with Gasteiger partial charge in [-0.3, -0.25) is 0 Å². The van der Waals surface area contributed by atoms with E-state index in [1.54, 1.807) is 0 Å². The average Bonchev–Trinajstić information content (AvgIpc) is 2.44. The molecule has 2 aromatic rings. The minimum Gasteiger partial charge on any atom is -0.207 e. The smallest absolute Gasteiger partial charge is 0.126 e. The molecule has 0 nitrogen and oxygen atoms in total. The molecule has 1 atom stereocenters. The summed E-state index contributed by atoms with van der Waals surface area (Å²) in [5.74, 6) is -0.309. The van der Waals surface area contributed by atoms with Gasteiger partial charge in [-0.2, -0.15) is 0 Å². The van der Waals surface area contributed by atoms with Crippen LogP contribution in [-0.2, 0) is 12.8 Å². The molecule has 0 aliphatic heterocycles. The van der Waals surface area contributed by atoms with Crippen LogP contribution in [0.1, 0.15) is 11.1 Å². The van der Waals surface area contributed by atoms with Crippen molar-refractivity contribution in [2.75, 3.05) is 5.88 Å². The Morgan fingerprint density at radius 3 is 2.35 bits per heavy atom. The van der Waals surface area contributed by atoms with Crippen molar-refractivity contribution in [3.05, 3.63) is 69.7 Å². The lowest BCUT2D eigenvalue weighted by Crippen LogP contribution is -2.11. The molecule has 0 saturated heterocycles. The fraction of sp³-hybridized carbons (Fsp3) is 0.250. The maximum atomic E-state index is 13.6. The minimum absolute atomic E-state index is 0.0779. The van der Waals surface area contributed by atoms with Gasteiger partial charge in [0.1, 0.15) is 11.6 Å². The number of benzene rings is 2. The molecular weight excluding hydrogens is 346 g/mol. The van der Waals surface area contributed by atoms with Crippen molar-refractivity contribution in [1.29, 1.82) is 0 Å². The van der Waals surface area contributed by atoms with Crippen LogP contribution in [0.3, 0.4) is 0 Å². The molecule has 0 aromatic heterocycles. The third-order valence-electron chi connectivity index (χ3n) is 3.17. The van der Waals surface area contributed by atoms with Crippen LogP contribution in [0.4, 0.5) is 8.78 Å². The largest absolute Gasteiger partial charge is 0.207 e. The van der Waals surface area contributed by atoms with Crippen LogP contribution in [0, 0.1) is 17.6 Å². The van der Waals surface area contributed by atoms with Gasteiger partial charge in [0.2, 0.25) is 0 Å². The number of alkyl halides is 1. The van der Waals surface area contributed by atoms with E-state index < -0.39 is 5.82 Å². The zero-order chi connectivity index (χ0) is 14.5. The Labute approximate surface area is 130 Å². The Morgan fingerprint density at radius 2 is 1.70 bits per heavy atom. The molecule has 0 saturated carbocycles. The molecule has 0 aliphatic carbocycles. The summed E-state index contributed by atoms with van der Waals surface area (Å²) in [5, 5.41) is 0. The van der Waals surface area contributed by atoms with Crippen LogP contribution in [0.15, 0.2) is 46.9 Å². The van der Waals surface area contributed by atoms with Crippen molar-refractivity contribution in [3.8, 4) is 0 Å². The Hall–Kier alpha value is -0.930. The molecule has 0 radical (unpaired) electrons. The summed E-state index contributed by atoms with van der Waals surface area (Å²) >= 11 is 9.35. The second-order valence-corrected chi connectivity index (χ2v) is 6.02. The standard InChI is InChI=1S/C16H14BrClF2/c17-14-3-1-11(2-4-14)7-12(10-18)8-13-9-15(19)5-6-16(13)20/h1-6,9,12H,7-8,10H2. The zero-order valence-corrected chi connectivity index (χ0v) is 13.1. The lowest BCUT2D eigenvalue weighted by atomic mass is 9.94. The van der Waals surface area contributed by atoms with E-state index in [0.29, 0.717) is 17.9 Å². The van der Waals surface area contributed by atoms with Gasteiger partial charge >= 0.3 is 0 Å². The summed E-state index contributed by atoms with van der Waals surface area (Å²) < 4.78 is 27.8. The first-order valence-corrected chi connectivity index (χ1v) is 7.65.